The third-order valence-corrected chi connectivity index (χ3v) is 8.12. The summed E-state index contributed by atoms with van der Waals surface area (Å²) in [6, 6.07) is 13.8. The van der Waals surface area contributed by atoms with E-state index in [9.17, 15) is 4.79 Å². The summed E-state index contributed by atoms with van der Waals surface area (Å²) in [6.45, 7) is 1.67. The molecule has 2 aromatic rings. The number of hydrogen-bond donors (Lipinski definition) is 2. The average molecular weight is 491 g/mol. The van der Waals surface area contributed by atoms with E-state index in [1.165, 1.54) is 70.6 Å². The van der Waals surface area contributed by atoms with Crippen LogP contribution >= 0.6 is 0 Å². The summed E-state index contributed by atoms with van der Waals surface area (Å²) in [5.41, 5.74) is 1.98. The van der Waals surface area contributed by atoms with Crippen LogP contribution in [0.3, 0.4) is 0 Å². The Kier molecular flexibility index (Phi) is 8.81. The van der Waals surface area contributed by atoms with Crippen molar-refractivity contribution < 1.29 is 14.3 Å². The van der Waals surface area contributed by atoms with Crippen LogP contribution in [0.1, 0.15) is 101 Å². The SMILES string of the molecule is O=C(NC1c2ccccc2Oc2cc(OCC3CCCCCCCCCCC3)ccc21)C1CCCN1. The first-order valence-corrected chi connectivity index (χ1v) is 14.4. The van der Waals surface area contributed by atoms with Gasteiger partial charge in [-0.05, 0) is 56.3 Å². The summed E-state index contributed by atoms with van der Waals surface area (Å²) in [7, 11) is 0. The highest BCUT2D eigenvalue weighted by molar-refractivity contribution is 5.83. The zero-order chi connectivity index (χ0) is 24.6. The molecule has 2 unspecified atom stereocenters. The second-order valence-electron chi connectivity index (χ2n) is 10.9. The van der Waals surface area contributed by atoms with Gasteiger partial charge >= 0.3 is 0 Å². The van der Waals surface area contributed by atoms with Crippen LogP contribution in [0.15, 0.2) is 42.5 Å². The normalized spacial score (nSPS) is 23.3. The van der Waals surface area contributed by atoms with Crippen molar-refractivity contribution >= 4 is 5.91 Å². The fourth-order valence-corrected chi connectivity index (χ4v) is 5.96. The van der Waals surface area contributed by atoms with Gasteiger partial charge in [-0.15, -0.1) is 0 Å². The standard InChI is InChI=1S/C31H42N2O3/c34-31(27-16-12-20-32-27)33-30-25-15-10-11-17-28(25)36-29-21-24(18-19-26(29)30)35-22-23-13-8-6-4-2-1-3-5-7-9-14-23/h10-11,15,17-19,21,23,27,30,32H,1-9,12-14,16,20,22H2,(H,33,34). The Bertz CT molecular complexity index is 989. The summed E-state index contributed by atoms with van der Waals surface area (Å²) >= 11 is 0. The summed E-state index contributed by atoms with van der Waals surface area (Å²) in [5, 5.41) is 6.60. The molecule has 1 saturated heterocycles. The Labute approximate surface area is 216 Å². The van der Waals surface area contributed by atoms with Gasteiger partial charge in [-0.3, -0.25) is 4.79 Å². The van der Waals surface area contributed by atoms with Gasteiger partial charge in [-0.1, -0.05) is 76.0 Å². The number of amides is 1. The van der Waals surface area contributed by atoms with Crippen molar-refractivity contribution in [3.05, 3.63) is 53.6 Å². The molecule has 0 aromatic heterocycles. The molecular formula is C31H42N2O3. The van der Waals surface area contributed by atoms with Crippen LogP contribution in [0.4, 0.5) is 0 Å². The topological polar surface area (TPSA) is 59.6 Å². The van der Waals surface area contributed by atoms with Crippen molar-refractivity contribution in [3.63, 3.8) is 0 Å². The highest BCUT2D eigenvalue weighted by Crippen LogP contribution is 2.44. The van der Waals surface area contributed by atoms with Gasteiger partial charge in [-0.25, -0.2) is 0 Å². The van der Waals surface area contributed by atoms with Gasteiger partial charge in [0.15, 0.2) is 0 Å². The molecule has 194 valence electrons. The Balaban J connectivity index is 1.26. The molecule has 1 saturated carbocycles. The summed E-state index contributed by atoms with van der Waals surface area (Å²) in [6.07, 6.45) is 16.8. The van der Waals surface area contributed by atoms with E-state index in [-0.39, 0.29) is 18.0 Å². The number of fused-ring (bicyclic) bond motifs is 2. The molecule has 2 aromatic carbocycles. The maximum absolute atomic E-state index is 13.0. The highest BCUT2D eigenvalue weighted by Gasteiger charge is 2.31. The first-order chi connectivity index (χ1) is 17.8. The Morgan fingerprint density at radius 3 is 2.25 bits per heavy atom. The van der Waals surface area contributed by atoms with Gasteiger partial charge in [0.1, 0.15) is 17.2 Å². The van der Waals surface area contributed by atoms with Crippen LogP contribution < -0.4 is 20.1 Å². The van der Waals surface area contributed by atoms with Gasteiger partial charge in [0.05, 0.1) is 18.7 Å². The summed E-state index contributed by atoms with van der Waals surface area (Å²) in [4.78, 5) is 13.0. The van der Waals surface area contributed by atoms with Crippen molar-refractivity contribution in [1.82, 2.24) is 10.6 Å². The molecule has 2 N–H and O–H groups in total. The molecule has 2 atom stereocenters. The van der Waals surface area contributed by atoms with E-state index in [0.717, 1.165) is 54.4 Å². The van der Waals surface area contributed by atoms with Crippen LogP contribution in [0, 0.1) is 5.92 Å². The lowest BCUT2D eigenvalue weighted by Crippen LogP contribution is -2.42. The van der Waals surface area contributed by atoms with Gasteiger partial charge in [0, 0.05) is 17.2 Å². The number of nitrogens with one attached hydrogen (secondary N) is 2. The predicted octanol–water partition coefficient (Wildman–Crippen LogP) is 7.05. The van der Waals surface area contributed by atoms with Gasteiger partial charge in [-0.2, -0.15) is 0 Å². The van der Waals surface area contributed by atoms with Crippen LogP contribution in [0.5, 0.6) is 17.2 Å². The summed E-state index contributed by atoms with van der Waals surface area (Å²) < 4.78 is 12.6. The molecule has 0 spiro atoms. The molecule has 36 heavy (non-hydrogen) atoms. The Morgan fingerprint density at radius 1 is 0.833 bits per heavy atom. The molecule has 1 amide bonds. The average Bonchev–Trinajstić information content (AvgIpc) is 3.43. The fraction of sp³-hybridized carbons (Fsp3) is 0.581. The second kappa shape index (κ2) is 12.6. The number of rotatable bonds is 5. The molecule has 0 radical (unpaired) electrons. The Morgan fingerprint density at radius 2 is 1.53 bits per heavy atom. The zero-order valence-electron chi connectivity index (χ0n) is 21.6. The lowest BCUT2D eigenvalue weighted by molar-refractivity contribution is -0.123. The van der Waals surface area contributed by atoms with Crippen molar-refractivity contribution in [2.24, 2.45) is 5.92 Å². The van der Waals surface area contributed by atoms with E-state index in [4.69, 9.17) is 9.47 Å². The van der Waals surface area contributed by atoms with Crippen LogP contribution in [-0.2, 0) is 4.79 Å². The molecule has 5 nitrogen and oxygen atoms in total. The minimum atomic E-state index is -0.222. The second-order valence-corrected chi connectivity index (χ2v) is 10.9. The zero-order valence-corrected chi connectivity index (χ0v) is 21.6. The molecule has 0 bridgehead atoms. The number of carbonyl (C=O) groups excluding carboxylic acids is 1. The number of hydrogen-bond acceptors (Lipinski definition) is 4. The quantitative estimate of drug-likeness (QED) is 0.471. The van der Waals surface area contributed by atoms with Crippen LogP contribution in [-0.4, -0.2) is 25.1 Å². The lowest BCUT2D eigenvalue weighted by atomic mass is 9.93. The Hall–Kier alpha value is -2.53. The van der Waals surface area contributed by atoms with Gasteiger partial charge in [0.25, 0.3) is 0 Å². The molecule has 2 aliphatic heterocycles. The van der Waals surface area contributed by atoms with Crippen molar-refractivity contribution in [2.45, 2.75) is 95.6 Å². The van der Waals surface area contributed by atoms with Crippen molar-refractivity contribution in [1.29, 1.82) is 0 Å². The molecule has 3 aliphatic rings. The van der Waals surface area contributed by atoms with Gasteiger partial charge in [0.2, 0.25) is 5.91 Å². The minimum absolute atomic E-state index is 0.0583. The first-order valence-electron chi connectivity index (χ1n) is 14.4. The van der Waals surface area contributed by atoms with E-state index in [2.05, 4.69) is 16.7 Å². The van der Waals surface area contributed by atoms with Crippen LogP contribution in [0.2, 0.25) is 0 Å². The molecule has 2 heterocycles. The third kappa shape index (κ3) is 6.42. The van der Waals surface area contributed by atoms with E-state index < -0.39 is 0 Å². The maximum atomic E-state index is 13.0. The van der Waals surface area contributed by atoms with Crippen molar-refractivity contribution in [2.75, 3.05) is 13.2 Å². The molecular weight excluding hydrogens is 448 g/mol. The smallest absolute Gasteiger partial charge is 0.237 e. The molecule has 5 heteroatoms. The fourth-order valence-electron chi connectivity index (χ4n) is 5.96. The molecule has 2 fully saturated rings. The number of benzene rings is 2. The van der Waals surface area contributed by atoms with E-state index in [0.29, 0.717) is 5.92 Å². The van der Waals surface area contributed by atoms with E-state index >= 15 is 0 Å². The largest absolute Gasteiger partial charge is 0.493 e. The van der Waals surface area contributed by atoms with Crippen LogP contribution in [0.25, 0.3) is 0 Å². The predicted molar refractivity (Wildman–Crippen MR) is 144 cm³/mol. The van der Waals surface area contributed by atoms with Gasteiger partial charge < -0.3 is 20.1 Å². The summed E-state index contributed by atoms with van der Waals surface area (Å²) in [5.74, 6) is 3.10. The van der Waals surface area contributed by atoms with E-state index in [1.807, 2.05) is 36.4 Å². The van der Waals surface area contributed by atoms with E-state index in [1.54, 1.807) is 0 Å². The third-order valence-electron chi connectivity index (χ3n) is 8.12. The number of ether oxygens (including phenoxy) is 2. The lowest BCUT2D eigenvalue weighted by Gasteiger charge is -2.30. The van der Waals surface area contributed by atoms with Crippen molar-refractivity contribution in [3.8, 4) is 17.2 Å². The first kappa shape index (κ1) is 25.1. The molecule has 5 rings (SSSR count). The monoisotopic (exact) mass is 490 g/mol. The molecule has 1 aliphatic carbocycles. The highest BCUT2D eigenvalue weighted by atomic mass is 16.5. The minimum Gasteiger partial charge on any atom is -0.493 e. The number of carbonyl (C=O) groups is 1. The maximum Gasteiger partial charge on any atom is 0.237 e. The number of para-hydroxylation sites is 1.